The van der Waals surface area contributed by atoms with Gasteiger partial charge in [-0.25, -0.2) is 9.97 Å². The van der Waals surface area contributed by atoms with Gasteiger partial charge in [-0.1, -0.05) is 6.42 Å². The fraction of sp³-hybridized carbons (Fsp3) is 0.692. The maximum atomic E-state index is 4.40. The third kappa shape index (κ3) is 3.40. The first-order valence-electron chi connectivity index (χ1n) is 6.41. The standard InChI is InChI=1S/C13H22N4/c1-10-8-13(16-11(2)15-10)14-9-12-6-4-5-7-17(12)3/h8,12H,4-7,9H2,1-3H3,(H,14,15,16). The van der Waals surface area contributed by atoms with Crippen molar-refractivity contribution < 1.29 is 0 Å². The lowest BCUT2D eigenvalue weighted by Gasteiger charge is -2.32. The summed E-state index contributed by atoms with van der Waals surface area (Å²) in [7, 11) is 2.21. The summed E-state index contributed by atoms with van der Waals surface area (Å²) in [5.41, 5.74) is 1.02. The van der Waals surface area contributed by atoms with Gasteiger partial charge >= 0.3 is 0 Å². The Bertz CT molecular complexity index is 357. The normalized spacial score (nSPS) is 21.5. The molecule has 1 unspecified atom stereocenters. The number of hydrogen-bond acceptors (Lipinski definition) is 4. The number of nitrogens with zero attached hydrogens (tertiary/aromatic N) is 3. The maximum Gasteiger partial charge on any atom is 0.129 e. The van der Waals surface area contributed by atoms with Gasteiger partial charge in [-0.05, 0) is 40.3 Å². The summed E-state index contributed by atoms with van der Waals surface area (Å²) < 4.78 is 0. The second kappa shape index (κ2) is 5.45. The summed E-state index contributed by atoms with van der Waals surface area (Å²) in [6.07, 6.45) is 3.96. The van der Waals surface area contributed by atoms with E-state index in [9.17, 15) is 0 Å². The number of likely N-dealkylation sites (N-methyl/N-ethyl adjacent to an activating group) is 1. The predicted octanol–water partition coefficient (Wildman–Crippen LogP) is 1.99. The summed E-state index contributed by atoms with van der Waals surface area (Å²) in [5.74, 6) is 1.79. The lowest BCUT2D eigenvalue weighted by molar-refractivity contribution is 0.194. The number of aromatic nitrogens is 2. The minimum Gasteiger partial charge on any atom is -0.368 e. The third-order valence-corrected chi connectivity index (χ3v) is 3.41. The van der Waals surface area contributed by atoms with Gasteiger partial charge in [0.05, 0.1) is 0 Å². The van der Waals surface area contributed by atoms with Crippen molar-refractivity contribution in [1.82, 2.24) is 14.9 Å². The van der Waals surface area contributed by atoms with Crippen LogP contribution in [0.2, 0.25) is 0 Å². The van der Waals surface area contributed by atoms with E-state index in [-0.39, 0.29) is 0 Å². The van der Waals surface area contributed by atoms with Gasteiger partial charge in [0.1, 0.15) is 11.6 Å². The van der Waals surface area contributed by atoms with Crippen LogP contribution in [-0.4, -0.2) is 41.0 Å². The topological polar surface area (TPSA) is 41.0 Å². The van der Waals surface area contributed by atoms with Gasteiger partial charge in [0.25, 0.3) is 0 Å². The van der Waals surface area contributed by atoms with Gasteiger partial charge in [-0.2, -0.15) is 0 Å². The first kappa shape index (κ1) is 12.3. The van der Waals surface area contributed by atoms with E-state index in [0.29, 0.717) is 6.04 Å². The van der Waals surface area contributed by atoms with E-state index in [0.717, 1.165) is 23.9 Å². The average Bonchev–Trinajstić information content (AvgIpc) is 2.27. The first-order chi connectivity index (χ1) is 8.15. The molecular weight excluding hydrogens is 212 g/mol. The highest BCUT2D eigenvalue weighted by Gasteiger charge is 2.18. The molecule has 1 atom stereocenters. The van der Waals surface area contributed by atoms with E-state index in [1.54, 1.807) is 0 Å². The second-order valence-electron chi connectivity index (χ2n) is 4.95. The van der Waals surface area contributed by atoms with E-state index < -0.39 is 0 Å². The van der Waals surface area contributed by atoms with Crippen molar-refractivity contribution in [2.45, 2.75) is 39.2 Å². The Kier molecular flexibility index (Phi) is 3.94. The second-order valence-corrected chi connectivity index (χ2v) is 4.95. The van der Waals surface area contributed by atoms with Crippen molar-refractivity contribution in [2.75, 3.05) is 25.5 Å². The van der Waals surface area contributed by atoms with Crippen LogP contribution in [0, 0.1) is 13.8 Å². The Hall–Kier alpha value is -1.16. The molecule has 4 nitrogen and oxygen atoms in total. The number of aryl methyl sites for hydroxylation is 2. The fourth-order valence-corrected chi connectivity index (χ4v) is 2.43. The smallest absolute Gasteiger partial charge is 0.129 e. The largest absolute Gasteiger partial charge is 0.368 e. The molecule has 0 radical (unpaired) electrons. The molecule has 0 saturated carbocycles. The summed E-state index contributed by atoms with van der Waals surface area (Å²) in [6, 6.07) is 2.65. The number of rotatable bonds is 3. The fourth-order valence-electron chi connectivity index (χ4n) is 2.43. The highest BCUT2D eigenvalue weighted by Crippen LogP contribution is 2.15. The lowest BCUT2D eigenvalue weighted by atomic mass is 10.0. The molecule has 1 aromatic rings. The summed E-state index contributed by atoms with van der Waals surface area (Å²) in [6.45, 7) is 6.14. The Balaban J connectivity index is 1.92. The summed E-state index contributed by atoms with van der Waals surface area (Å²) in [5, 5.41) is 3.43. The SMILES string of the molecule is Cc1cc(NCC2CCCCN2C)nc(C)n1. The van der Waals surface area contributed by atoms with Crippen LogP contribution in [0.25, 0.3) is 0 Å². The van der Waals surface area contributed by atoms with Gasteiger partial charge in [0.15, 0.2) is 0 Å². The van der Waals surface area contributed by atoms with Crippen molar-refractivity contribution in [2.24, 2.45) is 0 Å². The van der Waals surface area contributed by atoms with Gasteiger partial charge in [-0.15, -0.1) is 0 Å². The van der Waals surface area contributed by atoms with E-state index in [2.05, 4.69) is 27.2 Å². The Labute approximate surface area is 103 Å². The highest BCUT2D eigenvalue weighted by atomic mass is 15.2. The van der Waals surface area contributed by atoms with E-state index >= 15 is 0 Å². The molecule has 2 rings (SSSR count). The monoisotopic (exact) mass is 234 g/mol. The molecule has 1 aliphatic rings. The van der Waals surface area contributed by atoms with Crippen molar-refractivity contribution in [3.05, 3.63) is 17.6 Å². The van der Waals surface area contributed by atoms with Crippen LogP contribution in [0.4, 0.5) is 5.82 Å². The first-order valence-corrected chi connectivity index (χ1v) is 6.41. The molecule has 1 aliphatic heterocycles. The number of hydrogen-bond donors (Lipinski definition) is 1. The maximum absolute atomic E-state index is 4.40. The molecule has 17 heavy (non-hydrogen) atoms. The Morgan fingerprint density at radius 3 is 2.88 bits per heavy atom. The molecule has 0 bridgehead atoms. The molecular formula is C13H22N4. The molecule has 0 amide bonds. The quantitative estimate of drug-likeness (QED) is 0.868. The van der Waals surface area contributed by atoms with Crippen molar-refractivity contribution in [3.8, 4) is 0 Å². The van der Waals surface area contributed by atoms with E-state index in [1.165, 1.54) is 25.8 Å². The minimum atomic E-state index is 0.638. The zero-order valence-corrected chi connectivity index (χ0v) is 11.0. The van der Waals surface area contributed by atoms with Crippen LogP contribution < -0.4 is 5.32 Å². The Morgan fingerprint density at radius 1 is 1.35 bits per heavy atom. The Morgan fingerprint density at radius 2 is 2.18 bits per heavy atom. The molecule has 94 valence electrons. The van der Waals surface area contributed by atoms with Crippen LogP contribution in [0.5, 0.6) is 0 Å². The van der Waals surface area contributed by atoms with Crippen LogP contribution in [-0.2, 0) is 0 Å². The third-order valence-electron chi connectivity index (χ3n) is 3.41. The number of anilines is 1. The van der Waals surface area contributed by atoms with Crippen molar-refractivity contribution >= 4 is 5.82 Å². The van der Waals surface area contributed by atoms with Crippen LogP contribution >= 0.6 is 0 Å². The van der Waals surface area contributed by atoms with Gasteiger partial charge < -0.3 is 10.2 Å². The van der Waals surface area contributed by atoms with Crippen LogP contribution in [0.3, 0.4) is 0 Å². The molecule has 0 aliphatic carbocycles. The highest BCUT2D eigenvalue weighted by molar-refractivity contribution is 5.35. The molecule has 0 spiro atoms. The molecule has 1 saturated heterocycles. The summed E-state index contributed by atoms with van der Waals surface area (Å²) in [4.78, 5) is 11.1. The lowest BCUT2D eigenvalue weighted by Crippen LogP contribution is -2.40. The van der Waals surface area contributed by atoms with E-state index in [4.69, 9.17) is 0 Å². The van der Waals surface area contributed by atoms with Crippen LogP contribution in [0.15, 0.2) is 6.07 Å². The number of piperidine rings is 1. The zero-order valence-electron chi connectivity index (χ0n) is 11.0. The van der Waals surface area contributed by atoms with Crippen molar-refractivity contribution in [3.63, 3.8) is 0 Å². The molecule has 1 N–H and O–H groups in total. The molecule has 2 heterocycles. The van der Waals surface area contributed by atoms with Crippen LogP contribution in [0.1, 0.15) is 30.8 Å². The molecule has 0 aromatic carbocycles. The van der Waals surface area contributed by atoms with E-state index in [1.807, 2.05) is 19.9 Å². The van der Waals surface area contributed by atoms with Gasteiger partial charge in [0.2, 0.25) is 0 Å². The minimum absolute atomic E-state index is 0.638. The number of nitrogens with one attached hydrogen (secondary N) is 1. The molecule has 1 fully saturated rings. The van der Waals surface area contributed by atoms with Gasteiger partial charge in [-0.3, -0.25) is 0 Å². The summed E-state index contributed by atoms with van der Waals surface area (Å²) >= 11 is 0. The zero-order chi connectivity index (χ0) is 12.3. The molecule has 4 heteroatoms. The molecule has 1 aromatic heterocycles. The number of likely N-dealkylation sites (tertiary alicyclic amines) is 1. The predicted molar refractivity (Wildman–Crippen MR) is 70.3 cm³/mol. The van der Waals surface area contributed by atoms with Crippen molar-refractivity contribution in [1.29, 1.82) is 0 Å². The van der Waals surface area contributed by atoms with Gasteiger partial charge in [0, 0.05) is 24.3 Å². The average molecular weight is 234 g/mol.